The average molecular weight is 212 g/mol. The molecule has 2 heterocycles. The molecule has 5 heteroatoms. The largest absolute Gasteiger partial charge is 0.455 e. The molecule has 82 valence electrons. The molecule has 1 fully saturated rings. The van der Waals surface area contributed by atoms with Gasteiger partial charge in [-0.2, -0.15) is 0 Å². The standard InChI is InChI=1S/C10H12O5/c1-5(11)13-9-7-3-4-8(15-7)10(9)14-6(2)12/h3-4,7-10H,1-2H3. The van der Waals surface area contributed by atoms with Gasteiger partial charge in [0, 0.05) is 13.8 Å². The monoisotopic (exact) mass is 212 g/mol. The summed E-state index contributed by atoms with van der Waals surface area (Å²) in [4.78, 5) is 21.7. The Balaban J connectivity index is 2.09. The molecular formula is C10H12O5. The molecule has 0 aromatic rings. The van der Waals surface area contributed by atoms with Crippen LogP contribution in [0.4, 0.5) is 0 Å². The van der Waals surface area contributed by atoms with E-state index in [4.69, 9.17) is 14.2 Å². The molecule has 4 unspecified atom stereocenters. The summed E-state index contributed by atoms with van der Waals surface area (Å²) in [6.45, 7) is 2.64. The summed E-state index contributed by atoms with van der Waals surface area (Å²) >= 11 is 0. The Labute approximate surface area is 87.0 Å². The highest BCUT2D eigenvalue weighted by atomic mass is 16.6. The first-order valence-electron chi connectivity index (χ1n) is 4.76. The van der Waals surface area contributed by atoms with Crippen LogP contribution in [0.1, 0.15) is 13.8 Å². The van der Waals surface area contributed by atoms with Gasteiger partial charge in [-0.3, -0.25) is 9.59 Å². The van der Waals surface area contributed by atoms with Crippen molar-refractivity contribution in [2.45, 2.75) is 38.3 Å². The van der Waals surface area contributed by atoms with Gasteiger partial charge in [0.25, 0.3) is 0 Å². The highest BCUT2D eigenvalue weighted by molar-refractivity contribution is 5.67. The van der Waals surface area contributed by atoms with Crippen molar-refractivity contribution in [1.82, 2.24) is 0 Å². The van der Waals surface area contributed by atoms with E-state index in [1.807, 2.05) is 12.2 Å². The Bertz CT molecular complexity index is 292. The number of fused-ring (bicyclic) bond motifs is 2. The fourth-order valence-corrected chi connectivity index (χ4v) is 1.89. The lowest BCUT2D eigenvalue weighted by atomic mass is 10.0. The molecule has 0 aromatic heterocycles. The molecule has 0 aliphatic carbocycles. The van der Waals surface area contributed by atoms with Crippen molar-refractivity contribution in [3.63, 3.8) is 0 Å². The van der Waals surface area contributed by atoms with E-state index in [1.165, 1.54) is 13.8 Å². The second-order valence-corrected chi connectivity index (χ2v) is 3.60. The van der Waals surface area contributed by atoms with Gasteiger partial charge in [0.05, 0.1) is 0 Å². The summed E-state index contributed by atoms with van der Waals surface area (Å²) in [5.41, 5.74) is 0. The molecule has 0 spiro atoms. The molecule has 1 saturated heterocycles. The van der Waals surface area contributed by atoms with Crippen LogP contribution in [0.2, 0.25) is 0 Å². The van der Waals surface area contributed by atoms with Gasteiger partial charge in [0.2, 0.25) is 0 Å². The second-order valence-electron chi connectivity index (χ2n) is 3.60. The predicted octanol–water partition coefficient (Wildman–Crippen LogP) is 0.187. The van der Waals surface area contributed by atoms with Gasteiger partial charge in [-0.05, 0) is 0 Å². The van der Waals surface area contributed by atoms with Gasteiger partial charge in [0.1, 0.15) is 12.2 Å². The molecule has 2 aliphatic rings. The van der Waals surface area contributed by atoms with Crippen molar-refractivity contribution < 1.29 is 23.8 Å². The van der Waals surface area contributed by atoms with Crippen molar-refractivity contribution >= 4 is 11.9 Å². The van der Waals surface area contributed by atoms with E-state index >= 15 is 0 Å². The maximum Gasteiger partial charge on any atom is 0.303 e. The number of carbonyl (C=O) groups excluding carboxylic acids is 2. The first-order valence-corrected chi connectivity index (χ1v) is 4.76. The van der Waals surface area contributed by atoms with Gasteiger partial charge in [-0.25, -0.2) is 0 Å². The zero-order valence-corrected chi connectivity index (χ0v) is 8.51. The molecule has 15 heavy (non-hydrogen) atoms. The van der Waals surface area contributed by atoms with Crippen LogP contribution in [0.15, 0.2) is 12.2 Å². The molecule has 0 radical (unpaired) electrons. The maximum absolute atomic E-state index is 10.9. The molecular weight excluding hydrogens is 200 g/mol. The number of hydrogen-bond acceptors (Lipinski definition) is 5. The van der Waals surface area contributed by atoms with Crippen LogP contribution in [0, 0.1) is 0 Å². The highest BCUT2D eigenvalue weighted by Crippen LogP contribution is 2.33. The van der Waals surface area contributed by atoms with Crippen LogP contribution in [-0.4, -0.2) is 36.4 Å². The molecule has 2 aliphatic heterocycles. The second kappa shape index (κ2) is 3.66. The third-order valence-electron chi connectivity index (χ3n) is 2.38. The number of ether oxygens (including phenoxy) is 3. The van der Waals surface area contributed by atoms with Gasteiger partial charge in [-0.15, -0.1) is 0 Å². The predicted molar refractivity (Wildman–Crippen MR) is 48.9 cm³/mol. The van der Waals surface area contributed by atoms with E-state index in [2.05, 4.69) is 0 Å². The maximum atomic E-state index is 10.9. The summed E-state index contributed by atoms with van der Waals surface area (Å²) in [6, 6.07) is 0. The minimum absolute atomic E-state index is 0.289. The minimum atomic E-state index is -0.513. The quantitative estimate of drug-likeness (QED) is 0.483. The number of carbonyl (C=O) groups is 2. The zero-order valence-electron chi connectivity index (χ0n) is 8.51. The summed E-state index contributed by atoms with van der Waals surface area (Å²) in [5.74, 6) is -0.802. The summed E-state index contributed by atoms with van der Waals surface area (Å²) < 4.78 is 15.6. The molecule has 0 amide bonds. The third-order valence-corrected chi connectivity index (χ3v) is 2.38. The average Bonchev–Trinajstić information content (AvgIpc) is 2.67. The first kappa shape index (κ1) is 10.2. The van der Waals surface area contributed by atoms with Crippen LogP contribution >= 0.6 is 0 Å². The summed E-state index contributed by atoms with van der Waals surface area (Å²) in [5, 5.41) is 0. The Morgan fingerprint density at radius 3 is 1.73 bits per heavy atom. The summed E-state index contributed by atoms with van der Waals surface area (Å²) in [6.07, 6.45) is 2.03. The number of hydrogen-bond donors (Lipinski definition) is 0. The Kier molecular flexibility index (Phi) is 2.48. The zero-order chi connectivity index (χ0) is 11.0. The van der Waals surface area contributed by atoms with Crippen LogP contribution in [0.25, 0.3) is 0 Å². The first-order chi connectivity index (χ1) is 7.08. The lowest BCUT2D eigenvalue weighted by molar-refractivity contribution is -0.163. The Hall–Kier alpha value is -1.36. The van der Waals surface area contributed by atoms with E-state index in [0.29, 0.717) is 0 Å². The van der Waals surface area contributed by atoms with Gasteiger partial charge < -0.3 is 14.2 Å². The molecule has 0 N–H and O–H groups in total. The van der Waals surface area contributed by atoms with E-state index in [9.17, 15) is 9.59 Å². The lowest BCUT2D eigenvalue weighted by Crippen LogP contribution is -2.40. The number of rotatable bonds is 2. The SMILES string of the molecule is CC(=O)OC1C2C=CC(O2)C1OC(C)=O. The van der Waals surface area contributed by atoms with Crippen LogP contribution in [0.5, 0.6) is 0 Å². The third kappa shape index (κ3) is 1.87. The Morgan fingerprint density at radius 1 is 1.00 bits per heavy atom. The van der Waals surface area contributed by atoms with Crippen molar-refractivity contribution in [3.05, 3.63) is 12.2 Å². The van der Waals surface area contributed by atoms with Gasteiger partial charge in [0.15, 0.2) is 12.2 Å². The minimum Gasteiger partial charge on any atom is -0.455 e. The van der Waals surface area contributed by atoms with E-state index in [0.717, 1.165) is 0 Å². The van der Waals surface area contributed by atoms with Gasteiger partial charge >= 0.3 is 11.9 Å². The lowest BCUT2D eigenvalue weighted by Gasteiger charge is -2.23. The molecule has 2 rings (SSSR count). The number of esters is 2. The normalized spacial score (nSPS) is 36.7. The smallest absolute Gasteiger partial charge is 0.303 e. The van der Waals surface area contributed by atoms with Crippen molar-refractivity contribution in [1.29, 1.82) is 0 Å². The van der Waals surface area contributed by atoms with E-state index in [-0.39, 0.29) is 12.2 Å². The fraction of sp³-hybridized carbons (Fsp3) is 0.600. The van der Waals surface area contributed by atoms with E-state index in [1.54, 1.807) is 0 Å². The van der Waals surface area contributed by atoms with Crippen molar-refractivity contribution in [2.75, 3.05) is 0 Å². The summed E-state index contributed by atoms with van der Waals surface area (Å²) in [7, 11) is 0. The molecule has 5 nitrogen and oxygen atoms in total. The van der Waals surface area contributed by atoms with Crippen LogP contribution in [0.3, 0.4) is 0 Å². The van der Waals surface area contributed by atoms with Crippen molar-refractivity contribution in [3.8, 4) is 0 Å². The van der Waals surface area contributed by atoms with Crippen molar-refractivity contribution in [2.24, 2.45) is 0 Å². The topological polar surface area (TPSA) is 61.8 Å². The highest BCUT2D eigenvalue weighted by Gasteiger charge is 2.50. The Morgan fingerprint density at radius 2 is 1.40 bits per heavy atom. The fourth-order valence-electron chi connectivity index (χ4n) is 1.89. The van der Waals surface area contributed by atoms with E-state index < -0.39 is 24.1 Å². The molecule has 4 atom stereocenters. The molecule has 2 bridgehead atoms. The molecule has 0 aromatic carbocycles. The van der Waals surface area contributed by atoms with Crippen LogP contribution in [-0.2, 0) is 23.8 Å². The van der Waals surface area contributed by atoms with Crippen LogP contribution < -0.4 is 0 Å². The van der Waals surface area contributed by atoms with Gasteiger partial charge in [-0.1, -0.05) is 12.2 Å². The molecule has 0 saturated carbocycles.